The molecule has 2 aromatic heterocycles. The normalized spacial score (nSPS) is 13.5. The fourth-order valence-corrected chi connectivity index (χ4v) is 3.23. The fraction of sp³-hybridized carbons (Fsp3) is 0.391. The van der Waals surface area contributed by atoms with E-state index in [1.54, 1.807) is 10.9 Å². The molecule has 30 heavy (non-hydrogen) atoms. The Labute approximate surface area is 176 Å². The summed E-state index contributed by atoms with van der Waals surface area (Å²) in [4.78, 5) is 21.3. The van der Waals surface area contributed by atoms with E-state index in [0.29, 0.717) is 30.1 Å². The number of carbonyl (C=O) groups excluding carboxylic acids is 1. The van der Waals surface area contributed by atoms with Crippen LogP contribution >= 0.6 is 0 Å². The maximum atomic E-state index is 12.6. The lowest BCUT2D eigenvalue weighted by atomic mass is 10.0. The minimum Gasteiger partial charge on any atom is -0.477 e. The Hall–Kier alpha value is -3.22. The van der Waals surface area contributed by atoms with Crippen LogP contribution in [0.3, 0.4) is 0 Å². The first-order valence-electron chi connectivity index (χ1n) is 10.4. The minimum absolute atomic E-state index is 0.156. The molecule has 1 N–H and O–H groups in total. The molecule has 0 radical (unpaired) electrons. The third kappa shape index (κ3) is 4.67. The molecule has 4 rings (SSSR count). The van der Waals surface area contributed by atoms with Crippen molar-refractivity contribution in [3.05, 3.63) is 65.4 Å². The minimum atomic E-state index is -0.312. The summed E-state index contributed by atoms with van der Waals surface area (Å²) in [6, 6.07) is 11.8. The fourth-order valence-electron chi connectivity index (χ4n) is 3.23. The zero-order valence-electron chi connectivity index (χ0n) is 17.6. The monoisotopic (exact) mass is 405 g/mol. The second-order valence-electron chi connectivity index (χ2n) is 8.05. The van der Waals surface area contributed by atoms with Crippen molar-refractivity contribution in [3.8, 4) is 11.6 Å². The molecular weight excluding hydrogens is 378 g/mol. The smallest absolute Gasteiger partial charge is 0.291 e. The summed E-state index contributed by atoms with van der Waals surface area (Å²) in [5.41, 5.74) is 3.00. The Kier molecular flexibility index (Phi) is 5.79. The molecule has 0 aliphatic heterocycles. The first-order valence-corrected chi connectivity index (χ1v) is 10.4. The number of amides is 1. The van der Waals surface area contributed by atoms with Gasteiger partial charge >= 0.3 is 0 Å². The number of hydrogen-bond acceptors (Lipinski definition) is 5. The number of rotatable bonds is 8. The Bertz CT molecular complexity index is 1020. The maximum absolute atomic E-state index is 12.6. The summed E-state index contributed by atoms with van der Waals surface area (Å²) in [5.74, 6) is 2.17. The second-order valence-corrected chi connectivity index (χ2v) is 8.05. The number of aromatic nitrogens is 4. The molecule has 1 fully saturated rings. The largest absolute Gasteiger partial charge is 0.477 e. The summed E-state index contributed by atoms with van der Waals surface area (Å²) < 4.78 is 7.38. The van der Waals surface area contributed by atoms with E-state index in [1.165, 1.54) is 12.8 Å². The van der Waals surface area contributed by atoms with Crippen LogP contribution in [-0.4, -0.2) is 32.3 Å². The number of hydrogen-bond donors (Lipinski definition) is 1. The average molecular weight is 406 g/mol. The van der Waals surface area contributed by atoms with Gasteiger partial charge in [-0.2, -0.15) is 0 Å². The van der Waals surface area contributed by atoms with Crippen LogP contribution in [0.25, 0.3) is 5.69 Å². The van der Waals surface area contributed by atoms with E-state index in [9.17, 15) is 4.79 Å². The molecule has 0 unspecified atom stereocenters. The van der Waals surface area contributed by atoms with Crippen LogP contribution in [0.15, 0.2) is 42.6 Å². The summed E-state index contributed by atoms with van der Waals surface area (Å²) in [6.07, 6.45) is 4.21. The van der Waals surface area contributed by atoms with Crippen molar-refractivity contribution in [2.75, 3.05) is 6.61 Å². The highest BCUT2D eigenvalue weighted by Crippen LogP contribution is 2.29. The molecule has 1 aromatic carbocycles. The Morgan fingerprint density at radius 1 is 1.23 bits per heavy atom. The Balaban J connectivity index is 1.40. The van der Waals surface area contributed by atoms with Crippen molar-refractivity contribution in [1.82, 2.24) is 25.1 Å². The molecule has 0 saturated heterocycles. The van der Waals surface area contributed by atoms with Gasteiger partial charge in [0.2, 0.25) is 11.7 Å². The van der Waals surface area contributed by atoms with Crippen molar-refractivity contribution in [3.63, 3.8) is 0 Å². The topological polar surface area (TPSA) is 81.9 Å². The molecule has 1 aliphatic carbocycles. The predicted octanol–water partition coefficient (Wildman–Crippen LogP) is 3.81. The van der Waals surface area contributed by atoms with E-state index in [2.05, 4.69) is 40.3 Å². The standard InChI is InChI=1S/C23H27N5O2/c1-15(2)19-6-4-5-7-20(19)28-16(3)26-22(27-28)23(29)25-13-18-10-11-21(24-12-18)30-14-17-8-9-17/h4-7,10-12,15,17H,8-9,13-14H2,1-3H3,(H,25,29). The average Bonchev–Trinajstić information content (AvgIpc) is 3.51. The van der Waals surface area contributed by atoms with Crippen molar-refractivity contribution in [2.24, 2.45) is 5.92 Å². The van der Waals surface area contributed by atoms with Gasteiger partial charge in [0.25, 0.3) is 5.91 Å². The highest BCUT2D eigenvalue weighted by molar-refractivity contribution is 5.90. The van der Waals surface area contributed by atoms with Crippen molar-refractivity contribution >= 4 is 5.91 Å². The summed E-state index contributed by atoms with van der Waals surface area (Å²) in [6.45, 7) is 7.21. The number of aryl methyl sites for hydroxylation is 1. The molecule has 0 spiro atoms. The highest BCUT2D eigenvalue weighted by atomic mass is 16.5. The van der Waals surface area contributed by atoms with Crippen LogP contribution in [-0.2, 0) is 6.54 Å². The van der Waals surface area contributed by atoms with Crippen molar-refractivity contribution in [2.45, 2.75) is 46.1 Å². The molecule has 0 atom stereocenters. The van der Waals surface area contributed by atoms with E-state index in [-0.39, 0.29) is 11.7 Å². The SMILES string of the molecule is Cc1nc(C(=O)NCc2ccc(OCC3CC3)nc2)nn1-c1ccccc1C(C)C. The Morgan fingerprint density at radius 2 is 2.03 bits per heavy atom. The zero-order valence-corrected chi connectivity index (χ0v) is 17.6. The number of para-hydroxylation sites is 1. The molecule has 1 amide bonds. The van der Waals surface area contributed by atoms with Gasteiger partial charge in [0, 0.05) is 18.8 Å². The zero-order chi connectivity index (χ0) is 21.1. The van der Waals surface area contributed by atoms with Gasteiger partial charge in [-0.25, -0.2) is 14.6 Å². The van der Waals surface area contributed by atoms with E-state index in [4.69, 9.17) is 4.74 Å². The third-order valence-corrected chi connectivity index (χ3v) is 5.17. The summed E-state index contributed by atoms with van der Waals surface area (Å²) in [5, 5.41) is 7.32. The predicted molar refractivity (Wildman–Crippen MR) is 114 cm³/mol. The van der Waals surface area contributed by atoms with Gasteiger partial charge in [-0.3, -0.25) is 4.79 Å². The number of nitrogens with one attached hydrogen (secondary N) is 1. The molecule has 7 nitrogen and oxygen atoms in total. The lowest BCUT2D eigenvalue weighted by Gasteiger charge is -2.12. The molecule has 156 valence electrons. The van der Waals surface area contributed by atoms with Gasteiger partial charge in [-0.05, 0) is 48.8 Å². The first-order chi connectivity index (χ1) is 14.5. The third-order valence-electron chi connectivity index (χ3n) is 5.17. The van der Waals surface area contributed by atoms with E-state index >= 15 is 0 Å². The highest BCUT2D eigenvalue weighted by Gasteiger charge is 2.22. The van der Waals surface area contributed by atoms with E-state index in [1.807, 2.05) is 37.3 Å². The van der Waals surface area contributed by atoms with E-state index < -0.39 is 0 Å². The number of ether oxygens (including phenoxy) is 1. The number of benzene rings is 1. The van der Waals surface area contributed by atoms with Crippen LogP contribution < -0.4 is 10.1 Å². The van der Waals surface area contributed by atoms with Gasteiger partial charge in [0.15, 0.2) is 0 Å². The molecule has 1 saturated carbocycles. The van der Waals surface area contributed by atoms with E-state index in [0.717, 1.165) is 23.4 Å². The summed E-state index contributed by atoms with van der Waals surface area (Å²) in [7, 11) is 0. The Morgan fingerprint density at radius 3 is 2.73 bits per heavy atom. The lowest BCUT2D eigenvalue weighted by Crippen LogP contribution is -2.24. The number of carbonyl (C=O) groups is 1. The number of nitrogens with zero attached hydrogens (tertiary/aromatic N) is 4. The second kappa shape index (κ2) is 8.65. The van der Waals surface area contributed by atoms with Crippen LogP contribution in [0.5, 0.6) is 5.88 Å². The van der Waals surface area contributed by atoms with Crippen LogP contribution in [0.4, 0.5) is 0 Å². The molecule has 7 heteroatoms. The van der Waals surface area contributed by atoms with Gasteiger partial charge < -0.3 is 10.1 Å². The van der Waals surface area contributed by atoms with Crippen molar-refractivity contribution in [1.29, 1.82) is 0 Å². The quantitative estimate of drug-likeness (QED) is 0.616. The van der Waals surface area contributed by atoms with Gasteiger partial charge in [0.05, 0.1) is 12.3 Å². The maximum Gasteiger partial charge on any atom is 0.291 e. The van der Waals surface area contributed by atoms with Gasteiger partial charge in [0.1, 0.15) is 5.82 Å². The van der Waals surface area contributed by atoms with Crippen LogP contribution in [0, 0.1) is 12.8 Å². The lowest BCUT2D eigenvalue weighted by molar-refractivity contribution is 0.0940. The van der Waals surface area contributed by atoms with Crippen molar-refractivity contribution < 1.29 is 9.53 Å². The molecule has 3 aromatic rings. The van der Waals surface area contributed by atoms with Gasteiger partial charge in [-0.1, -0.05) is 38.1 Å². The molecular formula is C23H27N5O2. The molecule has 1 aliphatic rings. The molecule has 0 bridgehead atoms. The van der Waals surface area contributed by atoms with Gasteiger partial charge in [-0.15, -0.1) is 5.10 Å². The first kappa shape index (κ1) is 20.1. The van der Waals surface area contributed by atoms with Crippen LogP contribution in [0.2, 0.25) is 0 Å². The summed E-state index contributed by atoms with van der Waals surface area (Å²) >= 11 is 0. The van der Waals surface area contributed by atoms with Crippen LogP contribution in [0.1, 0.15) is 60.2 Å². The molecule has 2 heterocycles. The number of pyridine rings is 1.